The SMILES string of the molecule is Cc1cc(NN)c(C(=O)Nc2cc(Cl)c(F)c(Cl)c2)cn1. The van der Waals surface area contributed by atoms with Crippen LogP contribution in [0.5, 0.6) is 0 Å². The third kappa shape index (κ3) is 3.41. The molecule has 1 amide bonds. The molecule has 0 saturated heterocycles. The van der Waals surface area contributed by atoms with Crippen LogP contribution in [0.1, 0.15) is 16.1 Å². The predicted octanol–water partition coefficient (Wildman–Crippen LogP) is 3.37. The zero-order valence-corrected chi connectivity index (χ0v) is 12.4. The van der Waals surface area contributed by atoms with Gasteiger partial charge in [0.2, 0.25) is 0 Å². The average Bonchev–Trinajstić information content (AvgIpc) is 2.44. The Hall–Kier alpha value is -1.89. The van der Waals surface area contributed by atoms with Crippen LogP contribution < -0.4 is 16.6 Å². The second kappa shape index (κ2) is 6.26. The van der Waals surface area contributed by atoms with Gasteiger partial charge in [0, 0.05) is 17.6 Å². The Kier molecular flexibility index (Phi) is 4.62. The lowest BCUT2D eigenvalue weighted by Gasteiger charge is -2.11. The van der Waals surface area contributed by atoms with Gasteiger partial charge in [0.05, 0.1) is 21.3 Å². The molecule has 5 nitrogen and oxygen atoms in total. The van der Waals surface area contributed by atoms with Crippen LogP contribution in [-0.4, -0.2) is 10.9 Å². The van der Waals surface area contributed by atoms with Gasteiger partial charge in [0.25, 0.3) is 5.91 Å². The van der Waals surface area contributed by atoms with E-state index in [4.69, 9.17) is 29.0 Å². The zero-order chi connectivity index (χ0) is 15.6. The highest BCUT2D eigenvalue weighted by Gasteiger charge is 2.14. The summed E-state index contributed by atoms with van der Waals surface area (Å²) in [6.45, 7) is 1.77. The molecule has 1 heterocycles. The Morgan fingerprint density at radius 1 is 1.29 bits per heavy atom. The lowest BCUT2D eigenvalue weighted by molar-refractivity contribution is 0.102. The second-order valence-corrected chi connectivity index (χ2v) is 5.04. The van der Waals surface area contributed by atoms with Crippen LogP contribution in [0.25, 0.3) is 0 Å². The third-order valence-electron chi connectivity index (χ3n) is 2.68. The number of hydrazine groups is 1. The van der Waals surface area contributed by atoms with Crippen molar-refractivity contribution >= 4 is 40.5 Å². The fourth-order valence-corrected chi connectivity index (χ4v) is 2.17. The number of anilines is 2. The summed E-state index contributed by atoms with van der Waals surface area (Å²) < 4.78 is 13.3. The maximum absolute atomic E-state index is 13.3. The smallest absolute Gasteiger partial charge is 0.259 e. The Bertz CT molecular complexity index is 686. The van der Waals surface area contributed by atoms with Gasteiger partial charge in [-0.15, -0.1) is 0 Å². The predicted molar refractivity (Wildman–Crippen MR) is 81.2 cm³/mol. The quantitative estimate of drug-likeness (QED) is 0.458. The number of benzene rings is 1. The van der Waals surface area contributed by atoms with E-state index in [0.29, 0.717) is 11.4 Å². The first-order valence-electron chi connectivity index (χ1n) is 5.81. The van der Waals surface area contributed by atoms with Gasteiger partial charge in [-0.1, -0.05) is 23.2 Å². The number of halogens is 3. The van der Waals surface area contributed by atoms with E-state index in [1.165, 1.54) is 18.3 Å². The summed E-state index contributed by atoms with van der Waals surface area (Å²) in [4.78, 5) is 16.2. The highest BCUT2D eigenvalue weighted by atomic mass is 35.5. The number of carbonyl (C=O) groups is 1. The minimum absolute atomic E-state index is 0.183. The molecule has 0 fully saturated rings. The molecule has 0 aliphatic heterocycles. The van der Waals surface area contributed by atoms with E-state index in [0.717, 1.165) is 0 Å². The lowest BCUT2D eigenvalue weighted by atomic mass is 10.2. The molecule has 0 atom stereocenters. The highest BCUT2D eigenvalue weighted by molar-refractivity contribution is 6.35. The Labute approximate surface area is 130 Å². The number of nitrogens with one attached hydrogen (secondary N) is 2. The first kappa shape index (κ1) is 15.5. The first-order valence-corrected chi connectivity index (χ1v) is 6.57. The number of pyridine rings is 1. The van der Waals surface area contributed by atoms with E-state index in [1.807, 2.05) is 0 Å². The molecule has 1 aromatic carbocycles. The van der Waals surface area contributed by atoms with E-state index >= 15 is 0 Å². The Balaban J connectivity index is 2.30. The fourth-order valence-electron chi connectivity index (χ4n) is 1.69. The van der Waals surface area contributed by atoms with Crippen molar-refractivity contribution < 1.29 is 9.18 Å². The molecule has 0 spiro atoms. The van der Waals surface area contributed by atoms with Crippen molar-refractivity contribution in [2.24, 2.45) is 5.84 Å². The van der Waals surface area contributed by atoms with Crippen LogP contribution in [0.3, 0.4) is 0 Å². The van der Waals surface area contributed by atoms with Crippen LogP contribution >= 0.6 is 23.2 Å². The second-order valence-electron chi connectivity index (χ2n) is 4.22. The van der Waals surface area contributed by atoms with Crippen molar-refractivity contribution in [1.29, 1.82) is 0 Å². The Morgan fingerprint density at radius 3 is 2.48 bits per heavy atom. The van der Waals surface area contributed by atoms with E-state index in [9.17, 15) is 9.18 Å². The molecule has 0 saturated carbocycles. The topological polar surface area (TPSA) is 80.0 Å². The number of carbonyl (C=O) groups excluding carboxylic acids is 1. The average molecular weight is 329 g/mol. The van der Waals surface area contributed by atoms with Crippen molar-refractivity contribution in [2.75, 3.05) is 10.7 Å². The molecule has 4 N–H and O–H groups in total. The van der Waals surface area contributed by atoms with Gasteiger partial charge in [-0.2, -0.15) is 0 Å². The van der Waals surface area contributed by atoms with Crippen LogP contribution in [0.4, 0.5) is 15.8 Å². The summed E-state index contributed by atoms with van der Waals surface area (Å²) in [5, 5.41) is 2.18. The number of hydrogen-bond donors (Lipinski definition) is 3. The molecule has 0 aliphatic carbocycles. The van der Waals surface area contributed by atoms with Crippen LogP contribution in [0.15, 0.2) is 24.4 Å². The molecule has 2 rings (SSSR count). The molecule has 8 heteroatoms. The lowest BCUT2D eigenvalue weighted by Crippen LogP contribution is -2.18. The molecule has 110 valence electrons. The highest BCUT2D eigenvalue weighted by Crippen LogP contribution is 2.28. The van der Waals surface area contributed by atoms with Gasteiger partial charge >= 0.3 is 0 Å². The maximum Gasteiger partial charge on any atom is 0.259 e. The van der Waals surface area contributed by atoms with Crippen molar-refractivity contribution in [2.45, 2.75) is 6.92 Å². The summed E-state index contributed by atoms with van der Waals surface area (Å²) in [7, 11) is 0. The van der Waals surface area contributed by atoms with Crippen molar-refractivity contribution in [1.82, 2.24) is 4.98 Å². The van der Waals surface area contributed by atoms with Gasteiger partial charge in [0.1, 0.15) is 0 Å². The molecule has 0 bridgehead atoms. The summed E-state index contributed by atoms with van der Waals surface area (Å²) in [6, 6.07) is 4.15. The normalized spacial score (nSPS) is 10.3. The molecule has 21 heavy (non-hydrogen) atoms. The number of nitrogens with zero attached hydrogens (tertiary/aromatic N) is 1. The van der Waals surface area contributed by atoms with Gasteiger partial charge in [0.15, 0.2) is 5.82 Å². The number of hydrogen-bond acceptors (Lipinski definition) is 4. The minimum atomic E-state index is -0.738. The van der Waals surface area contributed by atoms with Gasteiger partial charge in [-0.25, -0.2) is 4.39 Å². The molecule has 0 aliphatic rings. The van der Waals surface area contributed by atoms with E-state index in [-0.39, 0.29) is 21.3 Å². The number of nitrogen functional groups attached to an aromatic ring is 1. The van der Waals surface area contributed by atoms with Crippen molar-refractivity contribution in [3.63, 3.8) is 0 Å². The first-order chi connectivity index (χ1) is 9.92. The number of amides is 1. The van der Waals surface area contributed by atoms with E-state index in [2.05, 4.69) is 15.7 Å². The van der Waals surface area contributed by atoms with Crippen LogP contribution in [0, 0.1) is 12.7 Å². The summed E-state index contributed by atoms with van der Waals surface area (Å²) in [6.07, 6.45) is 1.38. The van der Waals surface area contributed by atoms with E-state index in [1.54, 1.807) is 13.0 Å². The summed E-state index contributed by atoms with van der Waals surface area (Å²) >= 11 is 11.3. The molecule has 2 aromatic rings. The molecule has 1 aromatic heterocycles. The monoisotopic (exact) mass is 328 g/mol. The molecule has 0 unspecified atom stereocenters. The Morgan fingerprint density at radius 2 is 1.90 bits per heavy atom. The number of aryl methyl sites for hydroxylation is 1. The van der Waals surface area contributed by atoms with E-state index < -0.39 is 11.7 Å². The zero-order valence-electron chi connectivity index (χ0n) is 10.9. The molecular weight excluding hydrogens is 318 g/mol. The minimum Gasteiger partial charge on any atom is -0.323 e. The number of rotatable bonds is 3. The van der Waals surface area contributed by atoms with Crippen LogP contribution in [0.2, 0.25) is 10.0 Å². The largest absolute Gasteiger partial charge is 0.323 e. The standard InChI is InChI=1S/C13H11Cl2FN4O/c1-6-2-11(20-17)8(5-18-6)13(21)19-7-3-9(14)12(16)10(15)4-7/h2-5H,17H2,1H3,(H,18,20)(H,19,21). The number of aromatic nitrogens is 1. The summed E-state index contributed by atoms with van der Waals surface area (Å²) in [5.74, 6) is 4.15. The molecule has 0 radical (unpaired) electrons. The summed E-state index contributed by atoms with van der Waals surface area (Å²) in [5.41, 5.74) is 4.04. The third-order valence-corrected chi connectivity index (χ3v) is 3.23. The number of nitrogens with two attached hydrogens (primary N) is 1. The van der Waals surface area contributed by atoms with Gasteiger partial charge < -0.3 is 10.7 Å². The molecular formula is C13H11Cl2FN4O. The van der Waals surface area contributed by atoms with Crippen molar-refractivity contribution in [3.8, 4) is 0 Å². The van der Waals surface area contributed by atoms with Gasteiger partial charge in [-0.3, -0.25) is 15.6 Å². The van der Waals surface area contributed by atoms with Crippen LogP contribution in [-0.2, 0) is 0 Å². The maximum atomic E-state index is 13.3. The van der Waals surface area contributed by atoms with Gasteiger partial charge in [-0.05, 0) is 25.1 Å². The van der Waals surface area contributed by atoms with Crippen molar-refractivity contribution in [3.05, 3.63) is 51.5 Å². The fraction of sp³-hybridized carbons (Fsp3) is 0.0769.